The first-order chi connectivity index (χ1) is 8.65. The third-order valence-corrected chi connectivity index (χ3v) is 3.79. The predicted octanol–water partition coefficient (Wildman–Crippen LogP) is 2.46. The summed E-state index contributed by atoms with van der Waals surface area (Å²) in [4.78, 5) is 7.27. The van der Waals surface area contributed by atoms with E-state index in [-0.39, 0.29) is 0 Å². The Kier molecular flexibility index (Phi) is 2.74. The molecule has 1 fully saturated rings. The summed E-state index contributed by atoms with van der Waals surface area (Å²) < 4.78 is 2.03. The van der Waals surface area contributed by atoms with Gasteiger partial charge in [-0.2, -0.15) is 0 Å². The van der Waals surface area contributed by atoms with Crippen molar-refractivity contribution in [2.45, 2.75) is 38.8 Å². The second kappa shape index (κ2) is 4.28. The van der Waals surface area contributed by atoms with Gasteiger partial charge < -0.3 is 10.1 Å². The molecule has 0 aliphatic carbocycles. The lowest BCUT2D eigenvalue weighted by Gasteiger charge is -2.26. The molecule has 4 nitrogen and oxygen atoms in total. The maximum absolute atomic E-state index is 5.80. The van der Waals surface area contributed by atoms with Gasteiger partial charge in [-0.15, -0.1) is 0 Å². The molecule has 1 saturated heterocycles. The fourth-order valence-electron chi connectivity index (χ4n) is 2.91. The lowest BCUT2D eigenvalue weighted by atomic mass is 10.1. The molecular weight excluding hydrogens is 224 g/mol. The Morgan fingerprint density at radius 2 is 2.17 bits per heavy atom. The van der Waals surface area contributed by atoms with Crippen LogP contribution in [0.1, 0.15) is 38.4 Å². The molecule has 0 amide bonds. The number of hydrogen-bond donors (Lipinski definition) is 1. The van der Waals surface area contributed by atoms with Crippen molar-refractivity contribution in [1.82, 2.24) is 14.3 Å². The van der Waals surface area contributed by atoms with Crippen LogP contribution in [-0.4, -0.2) is 26.9 Å². The highest BCUT2D eigenvalue weighted by Gasteiger charge is 2.29. The van der Waals surface area contributed by atoms with Crippen molar-refractivity contribution >= 4 is 11.3 Å². The zero-order chi connectivity index (χ0) is 12.7. The zero-order valence-electron chi connectivity index (χ0n) is 11.0. The average Bonchev–Trinajstić information content (AvgIpc) is 2.93. The second-order valence-electron chi connectivity index (χ2n) is 5.38. The Morgan fingerprint density at radius 3 is 2.94 bits per heavy atom. The monoisotopic (exact) mass is 244 g/mol. The Hall–Kier alpha value is -1.55. The molecule has 0 spiro atoms. The Balaban J connectivity index is 1.98. The van der Waals surface area contributed by atoms with E-state index in [1.165, 1.54) is 25.1 Å². The minimum absolute atomic E-state index is 0.464. The Bertz CT molecular complexity index is 558. The smallest absolute Gasteiger partial charge is 0.137 e. The van der Waals surface area contributed by atoms with E-state index >= 15 is 0 Å². The third kappa shape index (κ3) is 1.86. The Labute approximate surface area is 107 Å². The number of nitrogens with zero attached hydrogens (tertiary/aromatic N) is 3. The molecule has 1 aliphatic rings. The Morgan fingerprint density at radius 1 is 1.33 bits per heavy atom. The van der Waals surface area contributed by atoms with E-state index in [1.54, 1.807) is 0 Å². The number of fused-ring (bicyclic) bond motifs is 1. The number of hydrogen-bond acceptors (Lipinski definition) is 3. The summed E-state index contributed by atoms with van der Waals surface area (Å²) in [6.45, 7) is 5.69. The lowest BCUT2D eigenvalue weighted by molar-refractivity contribution is 0.202. The number of imidazole rings is 1. The van der Waals surface area contributed by atoms with Crippen molar-refractivity contribution < 1.29 is 0 Å². The van der Waals surface area contributed by atoms with Crippen LogP contribution in [0.3, 0.4) is 0 Å². The summed E-state index contributed by atoms with van der Waals surface area (Å²) in [5.74, 6) is 0. The molecule has 1 aliphatic heterocycles. The minimum Gasteiger partial charge on any atom is -0.398 e. The molecule has 96 valence electrons. The first-order valence-electron chi connectivity index (χ1n) is 6.65. The maximum Gasteiger partial charge on any atom is 0.137 e. The number of likely N-dealkylation sites (tertiary alicyclic amines) is 1. The van der Waals surface area contributed by atoms with E-state index in [0.717, 1.165) is 11.3 Å². The van der Waals surface area contributed by atoms with Crippen molar-refractivity contribution in [2.24, 2.45) is 0 Å². The highest BCUT2D eigenvalue weighted by Crippen LogP contribution is 2.33. The lowest BCUT2D eigenvalue weighted by Crippen LogP contribution is -2.30. The summed E-state index contributed by atoms with van der Waals surface area (Å²) in [5, 5.41) is 0. The molecule has 3 heterocycles. The maximum atomic E-state index is 5.80. The van der Waals surface area contributed by atoms with Crippen LogP contribution in [-0.2, 0) is 0 Å². The van der Waals surface area contributed by atoms with Crippen LogP contribution in [0.25, 0.3) is 5.65 Å². The summed E-state index contributed by atoms with van der Waals surface area (Å²) in [6, 6.07) is 4.92. The summed E-state index contributed by atoms with van der Waals surface area (Å²) in [6.07, 6.45) is 6.52. The fraction of sp³-hybridized carbons (Fsp3) is 0.500. The molecule has 1 unspecified atom stereocenters. The number of rotatable bonds is 2. The van der Waals surface area contributed by atoms with E-state index in [0.29, 0.717) is 12.1 Å². The van der Waals surface area contributed by atoms with Gasteiger partial charge in [0.25, 0.3) is 0 Å². The van der Waals surface area contributed by atoms with Gasteiger partial charge in [0.05, 0.1) is 11.7 Å². The molecule has 2 aromatic rings. The van der Waals surface area contributed by atoms with Gasteiger partial charge in [-0.25, -0.2) is 4.98 Å². The number of nitrogens with two attached hydrogens (primary N) is 1. The SMILES string of the molecule is CC(C)N1CCCC1c1cn2cc(N)ccc2n1. The van der Waals surface area contributed by atoms with E-state index in [1.807, 2.05) is 22.7 Å². The van der Waals surface area contributed by atoms with E-state index in [9.17, 15) is 0 Å². The molecule has 0 saturated carbocycles. The van der Waals surface area contributed by atoms with Gasteiger partial charge in [0.2, 0.25) is 0 Å². The quantitative estimate of drug-likeness (QED) is 0.882. The van der Waals surface area contributed by atoms with Gasteiger partial charge in [-0.3, -0.25) is 4.90 Å². The van der Waals surface area contributed by atoms with Gasteiger partial charge in [-0.1, -0.05) is 0 Å². The first-order valence-corrected chi connectivity index (χ1v) is 6.65. The third-order valence-electron chi connectivity index (χ3n) is 3.79. The van der Waals surface area contributed by atoms with Crippen LogP contribution in [0, 0.1) is 0 Å². The molecule has 2 aromatic heterocycles. The number of nitrogen functional groups attached to an aromatic ring is 1. The standard InChI is InChI=1S/C14H20N4/c1-10(2)18-7-3-4-13(18)12-9-17-8-11(15)5-6-14(17)16-12/h5-6,8-10,13H,3-4,7,15H2,1-2H3. The van der Waals surface area contributed by atoms with E-state index in [4.69, 9.17) is 10.7 Å². The predicted molar refractivity (Wildman–Crippen MR) is 73.4 cm³/mol. The number of pyridine rings is 1. The molecule has 4 heteroatoms. The molecule has 18 heavy (non-hydrogen) atoms. The van der Waals surface area contributed by atoms with E-state index in [2.05, 4.69) is 24.9 Å². The van der Waals surface area contributed by atoms with Crippen LogP contribution in [0.5, 0.6) is 0 Å². The van der Waals surface area contributed by atoms with Gasteiger partial charge in [-0.05, 0) is 45.4 Å². The van der Waals surface area contributed by atoms with Crippen molar-refractivity contribution in [3.8, 4) is 0 Å². The summed E-state index contributed by atoms with van der Waals surface area (Å²) >= 11 is 0. The molecule has 3 rings (SSSR count). The van der Waals surface area contributed by atoms with Crippen molar-refractivity contribution in [3.05, 3.63) is 30.2 Å². The topological polar surface area (TPSA) is 46.6 Å². The number of anilines is 1. The van der Waals surface area contributed by atoms with Crippen molar-refractivity contribution in [3.63, 3.8) is 0 Å². The van der Waals surface area contributed by atoms with Gasteiger partial charge in [0, 0.05) is 24.1 Å². The van der Waals surface area contributed by atoms with Crippen molar-refractivity contribution in [1.29, 1.82) is 0 Å². The van der Waals surface area contributed by atoms with Crippen LogP contribution in [0.4, 0.5) is 5.69 Å². The van der Waals surface area contributed by atoms with Gasteiger partial charge >= 0.3 is 0 Å². The largest absolute Gasteiger partial charge is 0.398 e. The van der Waals surface area contributed by atoms with Gasteiger partial charge in [0.15, 0.2) is 0 Å². The molecule has 0 aromatic carbocycles. The van der Waals surface area contributed by atoms with Crippen LogP contribution in [0.15, 0.2) is 24.5 Å². The highest BCUT2D eigenvalue weighted by molar-refractivity contribution is 5.48. The molecule has 1 atom stereocenters. The van der Waals surface area contributed by atoms with Gasteiger partial charge in [0.1, 0.15) is 5.65 Å². The molecule has 0 bridgehead atoms. The highest BCUT2D eigenvalue weighted by atomic mass is 15.2. The van der Waals surface area contributed by atoms with Crippen LogP contribution < -0.4 is 5.73 Å². The zero-order valence-corrected chi connectivity index (χ0v) is 11.0. The fourth-order valence-corrected chi connectivity index (χ4v) is 2.91. The second-order valence-corrected chi connectivity index (χ2v) is 5.38. The average molecular weight is 244 g/mol. The van der Waals surface area contributed by atoms with E-state index < -0.39 is 0 Å². The summed E-state index contributed by atoms with van der Waals surface area (Å²) in [5.41, 5.74) is 8.73. The first kappa shape index (κ1) is 11.5. The van der Waals surface area contributed by atoms with Crippen LogP contribution in [0.2, 0.25) is 0 Å². The minimum atomic E-state index is 0.464. The number of aromatic nitrogens is 2. The summed E-state index contributed by atoms with van der Waals surface area (Å²) in [7, 11) is 0. The van der Waals surface area contributed by atoms with Crippen LogP contribution >= 0.6 is 0 Å². The molecular formula is C14H20N4. The molecule has 0 radical (unpaired) electrons. The van der Waals surface area contributed by atoms with Crippen molar-refractivity contribution in [2.75, 3.05) is 12.3 Å². The molecule has 2 N–H and O–H groups in total. The normalized spacial score (nSPS) is 21.2.